The van der Waals surface area contributed by atoms with Crippen LogP contribution in [0.5, 0.6) is 0 Å². The number of fused-ring (bicyclic) bond motifs is 1. The van der Waals surface area contributed by atoms with Crippen molar-refractivity contribution in [1.29, 1.82) is 5.26 Å². The van der Waals surface area contributed by atoms with Crippen molar-refractivity contribution in [2.45, 2.75) is 13.3 Å². The van der Waals surface area contributed by atoms with Gasteiger partial charge < -0.3 is 9.72 Å². The lowest BCUT2D eigenvalue weighted by molar-refractivity contribution is -0.0765. The summed E-state index contributed by atoms with van der Waals surface area (Å²) in [7, 11) is 0. The van der Waals surface area contributed by atoms with Crippen LogP contribution < -0.4 is 5.56 Å². The molecule has 0 atom stereocenters. The van der Waals surface area contributed by atoms with E-state index in [1.807, 2.05) is 24.3 Å². The SMILES string of the molecule is Cc1cc2cc(CC3(C#N)COC3)ccc2[nH]c1=O. The predicted molar refractivity (Wildman–Crippen MR) is 71.9 cm³/mol. The zero-order valence-electron chi connectivity index (χ0n) is 10.7. The zero-order chi connectivity index (χ0) is 13.5. The van der Waals surface area contributed by atoms with Gasteiger partial charge in [-0.05, 0) is 42.5 Å². The maximum atomic E-state index is 11.5. The number of rotatable bonds is 2. The first kappa shape index (κ1) is 11.9. The molecule has 1 aliphatic rings. The van der Waals surface area contributed by atoms with Gasteiger partial charge in [0.25, 0.3) is 5.56 Å². The number of hydrogen-bond acceptors (Lipinski definition) is 3. The van der Waals surface area contributed by atoms with E-state index in [2.05, 4.69) is 11.1 Å². The van der Waals surface area contributed by atoms with Crippen molar-refractivity contribution in [2.24, 2.45) is 5.41 Å². The van der Waals surface area contributed by atoms with Crippen molar-refractivity contribution in [3.05, 3.63) is 45.7 Å². The third-order valence-electron chi connectivity index (χ3n) is 3.63. The number of ether oxygens (including phenoxy) is 1. The molecular weight excluding hydrogens is 240 g/mol. The van der Waals surface area contributed by atoms with Crippen molar-refractivity contribution in [3.8, 4) is 6.07 Å². The Balaban J connectivity index is 2.00. The van der Waals surface area contributed by atoms with Gasteiger partial charge in [-0.1, -0.05) is 6.07 Å². The second-order valence-corrected chi connectivity index (χ2v) is 5.26. The van der Waals surface area contributed by atoms with Gasteiger partial charge >= 0.3 is 0 Å². The molecule has 4 heteroatoms. The van der Waals surface area contributed by atoms with Crippen LogP contribution in [-0.4, -0.2) is 18.2 Å². The van der Waals surface area contributed by atoms with Crippen molar-refractivity contribution in [1.82, 2.24) is 4.98 Å². The first-order valence-electron chi connectivity index (χ1n) is 6.23. The Morgan fingerprint density at radius 3 is 2.84 bits per heavy atom. The molecule has 0 aliphatic carbocycles. The van der Waals surface area contributed by atoms with Crippen LogP contribution in [-0.2, 0) is 11.2 Å². The van der Waals surface area contributed by atoms with Gasteiger partial charge in [0.05, 0.1) is 19.3 Å². The quantitative estimate of drug-likeness (QED) is 0.890. The molecule has 1 fully saturated rings. The van der Waals surface area contributed by atoms with Gasteiger partial charge in [0.1, 0.15) is 5.41 Å². The molecule has 19 heavy (non-hydrogen) atoms. The summed E-state index contributed by atoms with van der Waals surface area (Å²) in [6.45, 7) is 2.81. The molecule has 96 valence electrons. The predicted octanol–water partition coefficient (Wildman–Crippen LogP) is 1.92. The number of H-pyrrole nitrogens is 1. The molecule has 3 rings (SSSR count). The van der Waals surface area contributed by atoms with Gasteiger partial charge in [0.2, 0.25) is 0 Å². The molecule has 1 N–H and O–H groups in total. The number of benzene rings is 1. The minimum atomic E-state index is -0.370. The third kappa shape index (κ3) is 2.02. The zero-order valence-corrected chi connectivity index (χ0v) is 10.7. The average molecular weight is 254 g/mol. The Morgan fingerprint density at radius 2 is 2.21 bits per heavy atom. The molecule has 0 unspecified atom stereocenters. The van der Waals surface area contributed by atoms with Crippen molar-refractivity contribution >= 4 is 10.9 Å². The van der Waals surface area contributed by atoms with Crippen LogP contribution in [0.4, 0.5) is 0 Å². The molecule has 1 aliphatic heterocycles. The van der Waals surface area contributed by atoms with Crippen LogP contribution >= 0.6 is 0 Å². The van der Waals surface area contributed by atoms with Gasteiger partial charge in [-0.25, -0.2) is 0 Å². The van der Waals surface area contributed by atoms with E-state index < -0.39 is 0 Å². The van der Waals surface area contributed by atoms with Crippen molar-refractivity contribution < 1.29 is 4.74 Å². The second kappa shape index (κ2) is 4.22. The fraction of sp³-hybridized carbons (Fsp3) is 0.333. The Kier molecular flexibility index (Phi) is 2.65. The maximum absolute atomic E-state index is 11.5. The van der Waals surface area contributed by atoms with E-state index in [-0.39, 0.29) is 11.0 Å². The van der Waals surface area contributed by atoms with E-state index in [9.17, 15) is 10.1 Å². The highest BCUT2D eigenvalue weighted by atomic mass is 16.5. The van der Waals surface area contributed by atoms with E-state index in [1.54, 1.807) is 6.92 Å². The molecule has 1 aromatic heterocycles. The minimum absolute atomic E-state index is 0.0545. The number of pyridine rings is 1. The van der Waals surface area contributed by atoms with Gasteiger partial charge in [-0.2, -0.15) is 5.26 Å². The Hall–Kier alpha value is -2.12. The topological polar surface area (TPSA) is 65.9 Å². The lowest BCUT2D eigenvalue weighted by Gasteiger charge is -2.35. The molecule has 0 saturated carbocycles. The van der Waals surface area contributed by atoms with Crippen molar-refractivity contribution in [3.63, 3.8) is 0 Å². The minimum Gasteiger partial charge on any atom is -0.378 e. The largest absolute Gasteiger partial charge is 0.378 e. The normalized spacial score (nSPS) is 16.8. The van der Waals surface area contributed by atoms with Gasteiger partial charge in [-0.15, -0.1) is 0 Å². The lowest BCUT2D eigenvalue weighted by atomic mass is 9.81. The summed E-state index contributed by atoms with van der Waals surface area (Å²) in [4.78, 5) is 14.4. The summed E-state index contributed by atoms with van der Waals surface area (Å²) in [6.07, 6.45) is 0.692. The third-order valence-corrected chi connectivity index (χ3v) is 3.63. The summed E-state index contributed by atoms with van der Waals surface area (Å²) in [6, 6.07) is 10.1. The second-order valence-electron chi connectivity index (χ2n) is 5.26. The van der Waals surface area contributed by atoms with Crippen LogP contribution in [0.3, 0.4) is 0 Å². The van der Waals surface area contributed by atoms with Crippen LogP contribution in [0.25, 0.3) is 10.9 Å². The molecule has 0 radical (unpaired) electrons. The molecular formula is C15H14N2O2. The van der Waals surface area contributed by atoms with Crippen molar-refractivity contribution in [2.75, 3.05) is 13.2 Å². The highest BCUT2D eigenvalue weighted by Crippen LogP contribution is 2.31. The number of aryl methyl sites for hydroxylation is 1. The Morgan fingerprint density at radius 1 is 1.42 bits per heavy atom. The monoisotopic (exact) mass is 254 g/mol. The van der Waals surface area contributed by atoms with E-state index in [4.69, 9.17) is 4.74 Å². The summed E-state index contributed by atoms with van der Waals surface area (Å²) in [5, 5.41) is 10.2. The smallest absolute Gasteiger partial charge is 0.251 e. The number of nitriles is 1. The van der Waals surface area contributed by atoms with Crippen LogP contribution in [0, 0.1) is 23.7 Å². The Bertz CT molecular complexity index is 736. The van der Waals surface area contributed by atoms with Gasteiger partial charge in [0.15, 0.2) is 0 Å². The highest BCUT2D eigenvalue weighted by molar-refractivity contribution is 5.79. The molecule has 0 spiro atoms. The summed E-state index contributed by atoms with van der Waals surface area (Å²) in [5.74, 6) is 0. The lowest BCUT2D eigenvalue weighted by Crippen LogP contribution is -2.43. The molecule has 1 saturated heterocycles. The first-order valence-corrected chi connectivity index (χ1v) is 6.23. The maximum Gasteiger partial charge on any atom is 0.251 e. The van der Waals surface area contributed by atoms with Gasteiger partial charge in [0, 0.05) is 11.1 Å². The number of aromatic amines is 1. The molecule has 4 nitrogen and oxygen atoms in total. The van der Waals surface area contributed by atoms with Crippen LogP contribution in [0.2, 0.25) is 0 Å². The van der Waals surface area contributed by atoms with Gasteiger partial charge in [-0.3, -0.25) is 4.79 Å². The summed E-state index contributed by atoms with van der Waals surface area (Å²) in [5.41, 5.74) is 2.21. The molecule has 0 amide bonds. The number of nitrogens with zero attached hydrogens (tertiary/aromatic N) is 1. The first-order chi connectivity index (χ1) is 9.12. The van der Waals surface area contributed by atoms with E-state index in [0.29, 0.717) is 25.2 Å². The average Bonchev–Trinajstić information content (AvgIpc) is 2.35. The van der Waals surface area contributed by atoms with Crippen LogP contribution in [0.15, 0.2) is 29.1 Å². The van der Waals surface area contributed by atoms with E-state index in [0.717, 1.165) is 16.5 Å². The van der Waals surface area contributed by atoms with Crippen LogP contribution in [0.1, 0.15) is 11.1 Å². The number of aromatic nitrogens is 1. The van der Waals surface area contributed by atoms with E-state index in [1.165, 1.54) is 0 Å². The molecule has 1 aromatic carbocycles. The number of nitrogens with one attached hydrogen (secondary N) is 1. The van der Waals surface area contributed by atoms with E-state index >= 15 is 0 Å². The summed E-state index contributed by atoms with van der Waals surface area (Å²) >= 11 is 0. The highest BCUT2D eigenvalue weighted by Gasteiger charge is 2.38. The fourth-order valence-corrected chi connectivity index (χ4v) is 2.42. The fourth-order valence-electron chi connectivity index (χ4n) is 2.42. The standard InChI is InChI=1S/C15H14N2O2/c1-10-4-12-5-11(2-3-13(12)17-14(10)18)6-15(7-16)8-19-9-15/h2-5H,6,8-9H2,1H3,(H,17,18). The molecule has 2 aromatic rings. The Labute approximate surface area is 110 Å². The molecule has 2 heterocycles. The summed E-state index contributed by atoms with van der Waals surface area (Å²) < 4.78 is 5.15. The molecule has 0 bridgehead atoms. The number of hydrogen-bond donors (Lipinski definition) is 1.